The number of H-pyrrole nitrogens is 1. The van der Waals surface area contributed by atoms with Gasteiger partial charge in [-0.3, -0.25) is 9.59 Å². The molecule has 108 valence electrons. The van der Waals surface area contributed by atoms with Gasteiger partial charge in [0.05, 0.1) is 5.56 Å². The summed E-state index contributed by atoms with van der Waals surface area (Å²) in [5, 5.41) is 14.5. The van der Waals surface area contributed by atoms with E-state index in [4.69, 9.17) is 5.11 Å². The number of hydrogen-bond donors (Lipinski definition) is 4. The number of carbonyl (C=O) groups is 3. The fourth-order valence-corrected chi connectivity index (χ4v) is 2.42. The molecule has 0 aliphatic carbocycles. The Morgan fingerprint density at radius 3 is 2.55 bits per heavy atom. The first-order valence-corrected chi connectivity index (χ1v) is 6.40. The quantitative estimate of drug-likeness (QED) is 0.639. The molecule has 1 atom stereocenters. The van der Waals surface area contributed by atoms with Crippen LogP contribution in [0.4, 0.5) is 0 Å². The zero-order chi connectivity index (χ0) is 14.9. The lowest BCUT2D eigenvalue weighted by Gasteiger charge is -2.23. The van der Waals surface area contributed by atoms with Gasteiger partial charge in [0.1, 0.15) is 5.69 Å². The average molecular weight is 279 g/mol. The number of carbonyl (C=O) groups excluding carboxylic acids is 2. The fourth-order valence-electron chi connectivity index (χ4n) is 2.42. The largest absolute Gasteiger partial charge is 0.477 e. The number of aromatic nitrogens is 1. The minimum absolute atomic E-state index is 0.0160. The topological polar surface area (TPSA) is 111 Å². The maximum atomic E-state index is 12.2. The van der Waals surface area contributed by atoms with Crippen LogP contribution in [0.2, 0.25) is 0 Å². The van der Waals surface area contributed by atoms with Crippen molar-refractivity contribution in [2.75, 3.05) is 6.54 Å². The van der Waals surface area contributed by atoms with Gasteiger partial charge in [0, 0.05) is 24.7 Å². The molecule has 0 spiro atoms. The molecule has 1 unspecified atom stereocenters. The summed E-state index contributed by atoms with van der Waals surface area (Å²) in [5.74, 6) is -1.42. The van der Waals surface area contributed by atoms with Crippen molar-refractivity contribution >= 4 is 17.8 Å². The SMILES string of the molecule is Cc1[nH]c(C(=O)O)c(C)c1C(=O)NC1CCC(=O)NC1. The molecule has 7 nitrogen and oxygen atoms in total. The van der Waals surface area contributed by atoms with E-state index in [1.54, 1.807) is 13.8 Å². The monoisotopic (exact) mass is 279 g/mol. The molecule has 0 aromatic carbocycles. The van der Waals surface area contributed by atoms with E-state index in [2.05, 4.69) is 15.6 Å². The van der Waals surface area contributed by atoms with Crippen LogP contribution in [0.15, 0.2) is 0 Å². The number of carboxylic acid groups (broad SMARTS) is 1. The van der Waals surface area contributed by atoms with E-state index in [9.17, 15) is 14.4 Å². The average Bonchev–Trinajstić information content (AvgIpc) is 2.68. The third-order valence-electron chi connectivity index (χ3n) is 3.48. The summed E-state index contributed by atoms with van der Waals surface area (Å²) >= 11 is 0. The Morgan fingerprint density at radius 1 is 1.35 bits per heavy atom. The highest BCUT2D eigenvalue weighted by Crippen LogP contribution is 2.18. The van der Waals surface area contributed by atoms with Gasteiger partial charge in [0.25, 0.3) is 5.91 Å². The Hall–Kier alpha value is -2.31. The van der Waals surface area contributed by atoms with Gasteiger partial charge in [-0.2, -0.15) is 0 Å². The lowest BCUT2D eigenvalue weighted by atomic mass is 10.0. The molecular weight excluding hydrogens is 262 g/mol. The summed E-state index contributed by atoms with van der Waals surface area (Å²) < 4.78 is 0. The molecule has 20 heavy (non-hydrogen) atoms. The van der Waals surface area contributed by atoms with Crippen molar-refractivity contribution < 1.29 is 19.5 Å². The van der Waals surface area contributed by atoms with E-state index in [1.165, 1.54) is 0 Å². The Balaban J connectivity index is 2.13. The number of nitrogens with one attached hydrogen (secondary N) is 3. The van der Waals surface area contributed by atoms with Crippen LogP contribution in [-0.4, -0.2) is 40.5 Å². The smallest absolute Gasteiger partial charge is 0.352 e. The van der Waals surface area contributed by atoms with Crippen molar-refractivity contribution in [2.24, 2.45) is 0 Å². The molecule has 2 heterocycles. The molecule has 2 rings (SSSR count). The molecule has 0 radical (unpaired) electrons. The predicted octanol–water partition coefficient (Wildman–Crippen LogP) is 0.338. The van der Waals surface area contributed by atoms with Gasteiger partial charge in [-0.1, -0.05) is 0 Å². The number of hydrogen-bond acceptors (Lipinski definition) is 3. The predicted molar refractivity (Wildman–Crippen MR) is 70.7 cm³/mol. The molecule has 2 amide bonds. The summed E-state index contributed by atoms with van der Waals surface area (Å²) in [4.78, 5) is 37.0. The second-order valence-corrected chi connectivity index (χ2v) is 4.94. The van der Waals surface area contributed by atoms with Crippen LogP contribution in [0.25, 0.3) is 0 Å². The molecule has 1 saturated heterocycles. The molecule has 1 fully saturated rings. The van der Waals surface area contributed by atoms with E-state index in [-0.39, 0.29) is 23.6 Å². The summed E-state index contributed by atoms with van der Waals surface area (Å²) in [6, 6.07) is -0.123. The lowest BCUT2D eigenvalue weighted by Crippen LogP contribution is -2.47. The maximum Gasteiger partial charge on any atom is 0.352 e. The first-order valence-electron chi connectivity index (χ1n) is 6.40. The minimum Gasteiger partial charge on any atom is -0.477 e. The first kappa shape index (κ1) is 14.1. The molecule has 1 aliphatic heterocycles. The van der Waals surface area contributed by atoms with E-state index in [0.717, 1.165) is 0 Å². The molecular formula is C13H17N3O4. The summed E-state index contributed by atoms with van der Waals surface area (Å²) in [6.07, 6.45) is 0.975. The van der Waals surface area contributed by atoms with Crippen LogP contribution in [0.3, 0.4) is 0 Å². The van der Waals surface area contributed by atoms with Crippen LogP contribution in [0.1, 0.15) is 44.9 Å². The Bertz CT molecular complexity index is 566. The van der Waals surface area contributed by atoms with Crippen molar-refractivity contribution in [1.82, 2.24) is 15.6 Å². The van der Waals surface area contributed by atoms with Crippen molar-refractivity contribution in [2.45, 2.75) is 32.7 Å². The molecule has 1 aliphatic rings. The minimum atomic E-state index is -1.09. The van der Waals surface area contributed by atoms with Gasteiger partial charge < -0.3 is 20.7 Å². The van der Waals surface area contributed by atoms with E-state index in [0.29, 0.717) is 36.2 Å². The van der Waals surface area contributed by atoms with Gasteiger partial charge in [0.2, 0.25) is 5.91 Å². The normalized spacial score (nSPS) is 18.5. The maximum absolute atomic E-state index is 12.2. The van der Waals surface area contributed by atoms with E-state index < -0.39 is 5.97 Å². The Labute approximate surface area is 115 Å². The van der Waals surface area contributed by atoms with Crippen LogP contribution in [-0.2, 0) is 4.79 Å². The van der Waals surface area contributed by atoms with Crippen molar-refractivity contribution in [1.29, 1.82) is 0 Å². The zero-order valence-electron chi connectivity index (χ0n) is 11.4. The number of aryl methyl sites for hydroxylation is 1. The molecule has 1 aromatic heterocycles. The second kappa shape index (κ2) is 5.36. The number of amides is 2. The number of piperidine rings is 1. The third-order valence-corrected chi connectivity index (χ3v) is 3.48. The molecule has 0 saturated carbocycles. The van der Waals surface area contributed by atoms with Crippen molar-refractivity contribution in [3.63, 3.8) is 0 Å². The highest BCUT2D eigenvalue weighted by atomic mass is 16.4. The van der Waals surface area contributed by atoms with Gasteiger partial charge >= 0.3 is 5.97 Å². The second-order valence-electron chi connectivity index (χ2n) is 4.94. The summed E-state index contributed by atoms with van der Waals surface area (Å²) in [6.45, 7) is 3.67. The van der Waals surface area contributed by atoms with Gasteiger partial charge in [-0.05, 0) is 25.8 Å². The van der Waals surface area contributed by atoms with E-state index in [1.807, 2.05) is 0 Å². The third kappa shape index (κ3) is 2.66. The summed E-state index contributed by atoms with van der Waals surface area (Å²) in [5.41, 5.74) is 1.34. The standard InChI is InChI=1S/C13H17N3O4/c1-6-10(7(2)15-11(6)13(19)20)12(18)16-8-3-4-9(17)14-5-8/h8,15H,3-5H2,1-2H3,(H,14,17)(H,16,18)(H,19,20). The van der Waals surface area contributed by atoms with E-state index >= 15 is 0 Å². The number of rotatable bonds is 3. The van der Waals surface area contributed by atoms with Crippen LogP contribution >= 0.6 is 0 Å². The fraction of sp³-hybridized carbons (Fsp3) is 0.462. The highest BCUT2D eigenvalue weighted by Gasteiger charge is 2.25. The number of carboxylic acids is 1. The van der Waals surface area contributed by atoms with Gasteiger partial charge in [-0.15, -0.1) is 0 Å². The molecule has 0 bridgehead atoms. The molecule has 4 N–H and O–H groups in total. The Kier molecular flexibility index (Phi) is 3.78. The molecule has 7 heteroatoms. The highest BCUT2D eigenvalue weighted by molar-refractivity contribution is 6.01. The van der Waals surface area contributed by atoms with Crippen molar-refractivity contribution in [3.8, 4) is 0 Å². The zero-order valence-corrected chi connectivity index (χ0v) is 11.4. The number of aromatic amines is 1. The van der Waals surface area contributed by atoms with Crippen LogP contribution in [0.5, 0.6) is 0 Å². The van der Waals surface area contributed by atoms with Gasteiger partial charge in [-0.25, -0.2) is 4.79 Å². The first-order chi connectivity index (χ1) is 9.40. The van der Waals surface area contributed by atoms with Crippen LogP contribution < -0.4 is 10.6 Å². The number of aromatic carboxylic acids is 1. The van der Waals surface area contributed by atoms with Crippen molar-refractivity contribution in [3.05, 3.63) is 22.5 Å². The lowest BCUT2D eigenvalue weighted by molar-refractivity contribution is -0.122. The van der Waals surface area contributed by atoms with Gasteiger partial charge in [0.15, 0.2) is 0 Å². The molecule has 1 aromatic rings. The van der Waals surface area contributed by atoms with Crippen LogP contribution in [0, 0.1) is 13.8 Å². The Morgan fingerprint density at radius 2 is 2.05 bits per heavy atom. The summed E-state index contributed by atoms with van der Waals surface area (Å²) in [7, 11) is 0.